The summed E-state index contributed by atoms with van der Waals surface area (Å²) in [5.74, 6) is 0.907. The highest BCUT2D eigenvalue weighted by Crippen LogP contribution is 2.18. The number of furan rings is 1. The summed E-state index contributed by atoms with van der Waals surface area (Å²) >= 11 is 0. The summed E-state index contributed by atoms with van der Waals surface area (Å²) in [5.41, 5.74) is 2.08. The molecule has 3 aromatic rings. The van der Waals surface area contributed by atoms with Crippen LogP contribution >= 0.6 is 0 Å². The summed E-state index contributed by atoms with van der Waals surface area (Å²) in [6.45, 7) is 0.553. The highest BCUT2D eigenvalue weighted by atomic mass is 16.3. The first-order valence-corrected chi connectivity index (χ1v) is 7.80. The fraction of sp³-hybridized carbons (Fsp3) is 0.278. The molecular formula is C18H22N3O2+. The number of aromatic nitrogens is 1. The quantitative estimate of drug-likeness (QED) is 0.642. The number of nitrogens with one attached hydrogen (secondary N) is 3. The minimum Gasteiger partial charge on any atom is -0.463 e. The van der Waals surface area contributed by atoms with Gasteiger partial charge in [0.15, 0.2) is 11.8 Å². The van der Waals surface area contributed by atoms with Crippen molar-refractivity contribution in [2.24, 2.45) is 0 Å². The Morgan fingerprint density at radius 3 is 2.83 bits per heavy atom. The van der Waals surface area contributed by atoms with Gasteiger partial charge in [-0.3, -0.25) is 4.79 Å². The summed E-state index contributed by atoms with van der Waals surface area (Å²) in [7, 11) is 4.11. The van der Waals surface area contributed by atoms with Crippen molar-refractivity contribution in [1.82, 2.24) is 10.3 Å². The van der Waals surface area contributed by atoms with Crippen LogP contribution < -0.4 is 10.2 Å². The minimum atomic E-state index is 0.0209. The zero-order chi connectivity index (χ0) is 16.2. The van der Waals surface area contributed by atoms with Crippen molar-refractivity contribution in [2.45, 2.75) is 12.5 Å². The van der Waals surface area contributed by atoms with Crippen molar-refractivity contribution < 1.29 is 14.1 Å². The number of para-hydroxylation sites is 1. The van der Waals surface area contributed by atoms with E-state index in [1.807, 2.05) is 42.6 Å². The van der Waals surface area contributed by atoms with Crippen LogP contribution in [0.15, 0.2) is 53.3 Å². The van der Waals surface area contributed by atoms with Crippen LogP contribution in [-0.2, 0) is 11.2 Å². The van der Waals surface area contributed by atoms with E-state index in [0.717, 1.165) is 22.2 Å². The lowest BCUT2D eigenvalue weighted by Gasteiger charge is -2.19. The topological polar surface area (TPSA) is 62.5 Å². The maximum Gasteiger partial charge on any atom is 0.224 e. The second kappa shape index (κ2) is 6.71. The van der Waals surface area contributed by atoms with Crippen LogP contribution in [0, 0.1) is 0 Å². The summed E-state index contributed by atoms with van der Waals surface area (Å²) in [4.78, 5) is 16.7. The number of aromatic amines is 1. The van der Waals surface area contributed by atoms with Crippen molar-refractivity contribution in [1.29, 1.82) is 0 Å². The van der Waals surface area contributed by atoms with Crippen molar-refractivity contribution in [3.63, 3.8) is 0 Å². The Balaban J connectivity index is 1.63. The third-order valence-corrected chi connectivity index (χ3v) is 4.11. The molecule has 3 rings (SSSR count). The number of carbonyl (C=O) groups is 1. The molecule has 5 heteroatoms. The molecule has 0 radical (unpaired) electrons. The third kappa shape index (κ3) is 3.46. The number of hydrogen-bond acceptors (Lipinski definition) is 2. The van der Waals surface area contributed by atoms with Gasteiger partial charge in [-0.2, -0.15) is 0 Å². The van der Waals surface area contributed by atoms with Gasteiger partial charge in [0.05, 0.1) is 33.3 Å². The maximum atomic E-state index is 12.3. The fourth-order valence-electron chi connectivity index (χ4n) is 2.81. The van der Waals surface area contributed by atoms with Crippen LogP contribution in [0.1, 0.15) is 17.4 Å². The Morgan fingerprint density at radius 2 is 2.09 bits per heavy atom. The molecule has 3 N–H and O–H groups in total. The summed E-state index contributed by atoms with van der Waals surface area (Å²) in [6.07, 6.45) is 3.95. The molecule has 0 saturated carbocycles. The number of rotatable bonds is 6. The highest BCUT2D eigenvalue weighted by molar-refractivity contribution is 5.88. The molecule has 0 aliphatic carbocycles. The molecule has 0 bridgehead atoms. The number of H-pyrrole nitrogens is 1. The molecule has 1 aromatic carbocycles. The standard InChI is InChI=1S/C18H21N3O2/c1-21(2)16(17-8-5-9-23-17)12-20-18(22)10-13-11-19-15-7-4-3-6-14(13)15/h3-9,11,16,19H,10,12H2,1-2H3,(H,20,22)/p+1/t16-/m1/s1. The number of fused-ring (bicyclic) bond motifs is 1. The van der Waals surface area contributed by atoms with Crippen LogP contribution in [0.2, 0.25) is 0 Å². The molecule has 0 spiro atoms. The van der Waals surface area contributed by atoms with E-state index in [-0.39, 0.29) is 11.9 Å². The molecular weight excluding hydrogens is 290 g/mol. The molecule has 2 heterocycles. The van der Waals surface area contributed by atoms with Gasteiger partial charge in [0.2, 0.25) is 5.91 Å². The van der Waals surface area contributed by atoms with Crippen LogP contribution in [0.25, 0.3) is 10.9 Å². The predicted octanol–water partition coefficient (Wildman–Crippen LogP) is 1.31. The molecule has 1 amide bonds. The monoisotopic (exact) mass is 312 g/mol. The van der Waals surface area contributed by atoms with Crippen molar-refractivity contribution >= 4 is 16.8 Å². The molecule has 0 aliphatic heterocycles. The third-order valence-electron chi connectivity index (χ3n) is 4.11. The minimum absolute atomic E-state index is 0.0209. The van der Waals surface area contributed by atoms with E-state index < -0.39 is 0 Å². The predicted molar refractivity (Wildman–Crippen MR) is 89.3 cm³/mol. The van der Waals surface area contributed by atoms with E-state index >= 15 is 0 Å². The highest BCUT2D eigenvalue weighted by Gasteiger charge is 2.21. The molecule has 2 aromatic heterocycles. The number of carbonyl (C=O) groups excluding carboxylic acids is 1. The first-order valence-electron chi connectivity index (χ1n) is 7.80. The largest absolute Gasteiger partial charge is 0.463 e. The zero-order valence-electron chi connectivity index (χ0n) is 13.4. The second-order valence-corrected chi connectivity index (χ2v) is 5.99. The van der Waals surface area contributed by atoms with Gasteiger partial charge in [-0.05, 0) is 23.8 Å². The smallest absolute Gasteiger partial charge is 0.224 e. The van der Waals surface area contributed by atoms with Crippen molar-refractivity contribution in [3.05, 3.63) is 60.2 Å². The molecule has 0 aliphatic rings. The van der Waals surface area contributed by atoms with Gasteiger partial charge in [-0.1, -0.05) is 18.2 Å². The number of hydrogen-bond donors (Lipinski definition) is 3. The second-order valence-electron chi connectivity index (χ2n) is 5.99. The van der Waals surface area contributed by atoms with Gasteiger partial charge in [0, 0.05) is 17.1 Å². The molecule has 5 nitrogen and oxygen atoms in total. The number of likely N-dealkylation sites (N-methyl/N-ethyl adjacent to an activating group) is 1. The molecule has 0 unspecified atom stereocenters. The number of quaternary nitrogens is 1. The molecule has 1 atom stereocenters. The van der Waals surface area contributed by atoms with E-state index in [4.69, 9.17) is 4.42 Å². The molecule has 0 fully saturated rings. The van der Waals surface area contributed by atoms with Crippen LogP contribution in [0.5, 0.6) is 0 Å². The van der Waals surface area contributed by atoms with Gasteiger partial charge < -0.3 is 19.6 Å². The molecule has 23 heavy (non-hydrogen) atoms. The number of amides is 1. The molecule has 120 valence electrons. The van der Waals surface area contributed by atoms with E-state index in [0.29, 0.717) is 13.0 Å². The summed E-state index contributed by atoms with van der Waals surface area (Å²) in [6, 6.07) is 11.9. The fourth-order valence-corrected chi connectivity index (χ4v) is 2.81. The number of benzene rings is 1. The Hall–Kier alpha value is -2.53. The van der Waals surface area contributed by atoms with Gasteiger partial charge in [-0.15, -0.1) is 0 Å². The lowest BCUT2D eigenvalue weighted by molar-refractivity contribution is -0.891. The van der Waals surface area contributed by atoms with E-state index in [9.17, 15) is 4.79 Å². The summed E-state index contributed by atoms with van der Waals surface area (Å²) in [5, 5.41) is 4.12. The van der Waals surface area contributed by atoms with Crippen LogP contribution in [0.3, 0.4) is 0 Å². The van der Waals surface area contributed by atoms with Gasteiger partial charge >= 0.3 is 0 Å². The zero-order valence-corrected chi connectivity index (χ0v) is 13.4. The summed E-state index contributed by atoms with van der Waals surface area (Å²) < 4.78 is 5.48. The van der Waals surface area contributed by atoms with Crippen molar-refractivity contribution in [2.75, 3.05) is 20.6 Å². The Labute approximate surface area is 135 Å². The lowest BCUT2D eigenvalue weighted by atomic mass is 10.1. The Bertz CT molecular complexity index is 775. The average Bonchev–Trinajstić information content (AvgIpc) is 3.18. The van der Waals surface area contributed by atoms with Gasteiger partial charge in [0.25, 0.3) is 0 Å². The first kappa shape index (κ1) is 15.4. The first-order chi connectivity index (χ1) is 11.1. The van der Waals surface area contributed by atoms with E-state index in [2.05, 4.69) is 24.4 Å². The SMILES string of the molecule is C[NH+](C)[C@H](CNC(=O)Cc1c[nH]c2ccccc12)c1ccco1. The van der Waals surface area contributed by atoms with E-state index in [1.54, 1.807) is 6.26 Å². The van der Waals surface area contributed by atoms with Crippen molar-refractivity contribution in [3.8, 4) is 0 Å². The van der Waals surface area contributed by atoms with Crippen LogP contribution in [0.4, 0.5) is 0 Å². The lowest BCUT2D eigenvalue weighted by Crippen LogP contribution is -3.07. The Kier molecular flexibility index (Phi) is 4.48. The Morgan fingerprint density at radius 1 is 1.26 bits per heavy atom. The van der Waals surface area contributed by atoms with Gasteiger partial charge in [0.1, 0.15) is 0 Å². The van der Waals surface area contributed by atoms with Crippen LogP contribution in [-0.4, -0.2) is 31.5 Å². The maximum absolute atomic E-state index is 12.3. The van der Waals surface area contributed by atoms with E-state index in [1.165, 1.54) is 4.90 Å². The molecule has 0 saturated heterocycles. The average molecular weight is 312 g/mol. The van der Waals surface area contributed by atoms with Gasteiger partial charge in [-0.25, -0.2) is 0 Å². The normalized spacial score (nSPS) is 12.7.